The fourth-order valence-corrected chi connectivity index (χ4v) is 7.35. The lowest BCUT2D eigenvalue weighted by atomic mass is 9.58. The second-order valence-corrected chi connectivity index (χ2v) is 10.6. The minimum atomic E-state index is -0.442. The normalized spacial score (nSPS) is 30.0. The molecule has 4 aliphatic rings. The second kappa shape index (κ2) is 8.83. The van der Waals surface area contributed by atoms with Crippen LogP contribution in [-0.4, -0.2) is 35.5 Å². The highest BCUT2D eigenvalue weighted by Gasteiger charge is 2.64. The van der Waals surface area contributed by atoms with Gasteiger partial charge in [-0.15, -0.1) is 0 Å². The quantitative estimate of drug-likeness (QED) is 0.543. The molecule has 7 rings (SSSR count). The summed E-state index contributed by atoms with van der Waals surface area (Å²) >= 11 is 0. The number of likely N-dealkylation sites (tertiary alicyclic amines) is 1. The van der Waals surface area contributed by atoms with Crippen LogP contribution in [0.2, 0.25) is 0 Å². The lowest BCUT2D eigenvalue weighted by Crippen LogP contribution is -2.73. The van der Waals surface area contributed by atoms with E-state index in [1.54, 1.807) is 0 Å². The van der Waals surface area contributed by atoms with Crippen molar-refractivity contribution in [2.24, 2.45) is 17.8 Å². The number of hydrogen-bond donors (Lipinski definition) is 2. The van der Waals surface area contributed by atoms with E-state index in [1.165, 1.54) is 16.3 Å². The zero-order valence-corrected chi connectivity index (χ0v) is 20.0. The Bertz CT molecular complexity index is 1170. The first-order valence-corrected chi connectivity index (χ1v) is 13.0. The number of benzene rings is 3. The number of fused-ring (bicyclic) bond motifs is 2. The molecule has 3 aromatic rings. The first kappa shape index (κ1) is 21.8. The molecule has 4 bridgehead atoms. The molecule has 5 unspecified atom stereocenters. The van der Waals surface area contributed by atoms with Gasteiger partial charge in [0.15, 0.2) is 0 Å². The van der Waals surface area contributed by atoms with Gasteiger partial charge in [0, 0.05) is 38.1 Å². The fraction of sp³-hybridized carbons (Fsp3) is 0.433. The zero-order valence-electron chi connectivity index (χ0n) is 20.0. The van der Waals surface area contributed by atoms with Crippen LogP contribution < -0.4 is 10.6 Å². The van der Waals surface area contributed by atoms with Gasteiger partial charge in [0.1, 0.15) is 5.54 Å². The number of hydrogen-bond acceptors (Lipinski definition) is 3. The number of carbonyl (C=O) groups is 1. The molecule has 3 heterocycles. The van der Waals surface area contributed by atoms with Crippen molar-refractivity contribution in [1.29, 1.82) is 0 Å². The summed E-state index contributed by atoms with van der Waals surface area (Å²) in [5, 5.41) is 9.76. The third-order valence-electron chi connectivity index (χ3n) is 8.77. The van der Waals surface area contributed by atoms with Gasteiger partial charge in [0.2, 0.25) is 5.91 Å². The number of nitrogens with one attached hydrogen (secondary N) is 2. The van der Waals surface area contributed by atoms with Crippen LogP contribution in [0.25, 0.3) is 10.8 Å². The molecule has 4 heteroatoms. The molecule has 1 aliphatic carbocycles. The number of rotatable bonds is 7. The van der Waals surface area contributed by atoms with Crippen LogP contribution in [0.4, 0.5) is 0 Å². The maximum atomic E-state index is 13.8. The van der Waals surface area contributed by atoms with Crippen molar-refractivity contribution in [1.82, 2.24) is 15.5 Å². The first-order valence-electron chi connectivity index (χ1n) is 13.0. The molecule has 3 aromatic carbocycles. The summed E-state index contributed by atoms with van der Waals surface area (Å²) in [5.41, 5.74) is 2.12. The van der Waals surface area contributed by atoms with Gasteiger partial charge in [-0.3, -0.25) is 9.69 Å². The molecule has 0 aromatic heterocycles. The summed E-state index contributed by atoms with van der Waals surface area (Å²) in [6.07, 6.45) is 3.16. The van der Waals surface area contributed by atoms with Crippen molar-refractivity contribution < 1.29 is 4.79 Å². The number of amides is 1. The molecule has 1 amide bonds. The molecule has 4 nitrogen and oxygen atoms in total. The smallest absolute Gasteiger partial charge is 0.240 e. The van der Waals surface area contributed by atoms with Crippen molar-refractivity contribution in [2.75, 3.05) is 13.1 Å². The summed E-state index contributed by atoms with van der Waals surface area (Å²) in [6.45, 7) is 5.90. The Labute approximate surface area is 202 Å². The minimum absolute atomic E-state index is 0.204. The Hall–Kier alpha value is -2.69. The van der Waals surface area contributed by atoms with Gasteiger partial charge in [-0.25, -0.2) is 0 Å². The fourth-order valence-electron chi connectivity index (χ4n) is 7.35. The minimum Gasteiger partial charge on any atom is -0.350 e. The standard InChI is InChI=1S/C30H35N3O/c1-2-9-27-28-26-18-32-30(27,29(34)31-17-21-10-4-3-5-11-21)16-24(26)20-33(28)19-23-14-8-13-22-12-6-7-15-25(22)23/h3-8,10-15,24,26-28,32H,2,9,16-20H2,1H3,(H,31,34). The van der Waals surface area contributed by atoms with E-state index in [9.17, 15) is 4.79 Å². The van der Waals surface area contributed by atoms with E-state index in [-0.39, 0.29) is 5.91 Å². The largest absolute Gasteiger partial charge is 0.350 e. The summed E-state index contributed by atoms with van der Waals surface area (Å²) in [6, 6.07) is 26.2. The number of nitrogens with zero attached hydrogens (tertiary/aromatic N) is 1. The molecular formula is C30H35N3O. The average Bonchev–Trinajstić information content (AvgIpc) is 3.18. The van der Waals surface area contributed by atoms with Gasteiger partial charge in [0.05, 0.1) is 0 Å². The van der Waals surface area contributed by atoms with E-state index < -0.39 is 5.54 Å². The Morgan fingerprint density at radius 3 is 2.71 bits per heavy atom. The van der Waals surface area contributed by atoms with Crippen LogP contribution in [0.15, 0.2) is 72.8 Å². The van der Waals surface area contributed by atoms with Gasteiger partial charge in [0.25, 0.3) is 0 Å². The van der Waals surface area contributed by atoms with Gasteiger partial charge in [-0.2, -0.15) is 0 Å². The van der Waals surface area contributed by atoms with E-state index in [0.29, 0.717) is 30.3 Å². The van der Waals surface area contributed by atoms with Crippen molar-refractivity contribution in [3.63, 3.8) is 0 Å². The first-order chi connectivity index (χ1) is 16.7. The van der Waals surface area contributed by atoms with Gasteiger partial charge < -0.3 is 10.6 Å². The van der Waals surface area contributed by atoms with Crippen LogP contribution in [0.3, 0.4) is 0 Å². The summed E-state index contributed by atoms with van der Waals surface area (Å²) in [7, 11) is 0. The molecule has 0 spiro atoms. The molecule has 1 saturated carbocycles. The zero-order chi connectivity index (χ0) is 23.1. The summed E-state index contributed by atoms with van der Waals surface area (Å²) in [5.74, 6) is 1.79. The SMILES string of the molecule is CCCC1C2C3CNC1(C(=O)NCc1ccccc1)CC3CN2Cc1cccc2ccccc12. The van der Waals surface area contributed by atoms with Crippen LogP contribution in [-0.2, 0) is 17.9 Å². The van der Waals surface area contributed by atoms with Crippen molar-refractivity contribution in [3.05, 3.63) is 83.9 Å². The van der Waals surface area contributed by atoms with Crippen LogP contribution in [0, 0.1) is 17.8 Å². The van der Waals surface area contributed by atoms with E-state index in [0.717, 1.165) is 44.5 Å². The third-order valence-corrected chi connectivity index (χ3v) is 8.77. The monoisotopic (exact) mass is 453 g/mol. The third kappa shape index (κ3) is 3.55. The van der Waals surface area contributed by atoms with Gasteiger partial charge >= 0.3 is 0 Å². The molecule has 3 saturated heterocycles. The predicted molar refractivity (Wildman–Crippen MR) is 137 cm³/mol. The van der Waals surface area contributed by atoms with Gasteiger partial charge in [-0.1, -0.05) is 86.1 Å². The van der Waals surface area contributed by atoms with Crippen molar-refractivity contribution in [3.8, 4) is 0 Å². The van der Waals surface area contributed by atoms with Crippen LogP contribution in [0.5, 0.6) is 0 Å². The summed E-state index contributed by atoms with van der Waals surface area (Å²) in [4.78, 5) is 16.5. The van der Waals surface area contributed by atoms with Gasteiger partial charge in [-0.05, 0) is 46.6 Å². The predicted octanol–water partition coefficient (Wildman–Crippen LogP) is 4.73. The molecule has 3 aliphatic heterocycles. The molecule has 34 heavy (non-hydrogen) atoms. The van der Waals surface area contributed by atoms with Crippen LogP contribution in [0.1, 0.15) is 37.3 Å². The molecular weight excluding hydrogens is 418 g/mol. The maximum absolute atomic E-state index is 13.8. The topological polar surface area (TPSA) is 44.4 Å². The highest BCUT2D eigenvalue weighted by molar-refractivity contribution is 5.88. The summed E-state index contributed by atoms with van der Waals surface area (Å²) < 4.78 is 0. The maximum Gasteiger partial charge on any atom is 0.240 e. The van der Waals surface area contributed by atoms with E-state index in [2.05, 4.69) is 77.1 Å². The van der Waals surface area contributed by atoms with Crippen molar-refractivity contribution in [2.45, 2.75) is 50.9 Å². The molecule has 4 fully saturated rings. The molecule has 176 valence electrons. The van der Waals surface area contributed by atoms with E-state index >= 15 is 0 Å². The number of carbonyl (C=O) groups excluding carboxylic acids is 1. The highest BCUT2D eigenvalue weighted by atomic mass is 16.2. The lowest BCUT2D eigenvalue weighted by Gasteiger charge is -2.56. The number of piperidine rings is 2. The van der Waals surface area contributed by atoms with E-state index in [1.807, 2.05) is 18.2 Å². The second-order valence-electron chi connectivity index (χ2n) is 10.6. The Kier molecular flexibility index (Phi) is 5.66. The molecule has 5 atom stereocenters. The average molecular weight is 454 g/mol. The Balaban J connectivity index is 1.28. The Morgan fingerprint density at radius 2 is 1.85 bits per heavy atom. The molecule has 2 N–H and O–H groups in total. The lowest BCUT2D eigenvalue weighted by molar-refractivity contribution is -0.139. The Morgan fingerprint density at radius 1 is 1.06 bits per heavy atom. The van der Waals surface area contributed by atoms with E-state index in [4.69, 9.17) is 0 Å². The molecule has 0 radical (unpaired) electrons. The highest BCUT2D eigenvalue weighted by Crippen LogP contribution is 2.53. The van der Waals surface area contributed by atoms with Crippen molar-refractivity contribution >= 4 is 16.7 Å². The van der Waals surface area contributed by atoms with Crippen LogP contribution >= 0.6 is 0 Å².